The van der Waals surface area contributed by atoms with Crippen LogP contribution in [0.3, 0.4) is 0 Å². The Balaban J connectivity index is 1.49. The molecule has 1 aromatic rings. The summed E-state index contributed by atoms with van der Waals surface area (Å²) in [4.78, 5) is 11.8. The van der Waals surface area contributed by atoms with E-state index in [9.17, 15) is 4.79 Å². The minimum Gasteiger partial charge on any atom is -0.355 e. The predicted octanol–water partition coefficient (Wildman–Crippen LogP) is 3.12. The van der Waals surface area contributed by atoms with E-state index in [0.717, 1.165) is 43.5 Å². The Bertz CT molecular complexity index is 441. The molecule has 1 aliphatic heterocycles. The maximum atomic E-state index is 11.8. The molecule has 1 heterocycles. The fraction of sp³-hybridized carbons (Fsp3) is 0.611. The number of carbonyl (C=O) groups is 1. The summed E-state index contributed by atoms with van der Waals surface area (Å²) in [5.41, 5.74) is 2.66. The second-order valence-electron chi connectivity index (χ2n) is 6.12. The normalized spacial score (nSPS) is 15.7. The third kappa shape index (κ3) is 6.84. The highest BCUT2D eigenvalue weighted by Gasteiger charge is 2.14. The molecule has 3 nitrogen and oxygen atoms in total. The lowest BCUT2D eigenvalue weighted by Crippen LogP contribution is -2.30. The van der Waals surface area contributed by atoms with Crippen LogP contribution in [0.1, 0.15) is 36.8 Å². The lowest BCUT2D eigenvalue weighted by Gasteiger charge is -2.22. The summed E-state index contributed by atoms with van der Waals surface area (Å²) in [7, 11) is 0. The largest absolute Gasteiger partial charge is 0.355 e. The highest BCUT2D eigenvalue weighted by atomic mass is 32.2. The maximum absolute atomic E-state index is 11.8. The van der Waals surface area contributed by atoms with E-state index in [-0.39, 0.29) is 5.91 Å². The number of hydrogen-bond acceptors (Lipinski definition) is 3. The van der Waals surface area contributed by atoms with Crippen LogP contribution in [0.25, 0.3) is 0 Å². The van der Waals surface area contributed by atoms with Gasteiger partial charge < -0.3 is 10.6 Å². The zero-order valence-electron chi connectivity index (χ0n) is 13.6. The van der Waals surface area contributed by atoms with E-state index in [2.05, 4.69) is 41.8 Å². The van der Waals surface area contributed by atoms with Crippen LogP contribution in [-0.2, 0) is 10.5 Å². The summed E-state index contributed by atoms with van der Waals surface area (Å²) >= 11 is 1.88. The van der Waals surface area contributed by atoms with Crippen molar-refractivity contribution >= 4 is 17.7 Å². The SMILES string of the molecule is Cc1ccc(CSCCNC(=O)CCC2CCNCC2)cc1. The van der Waals surface area contributed by atoms with Crippen LogP contribution in [0.5, 0.6) is 0 Å². The molecule has 0 bridgehead atoms. The van der Waals surface area contributed by atoms with Crippen molar-refractivity contribution in [3.63, 3.8) is 0 Å². The van der Waals surface area contributed by atoms with Crippen LogP contribution in [-0.4, -0.2) is 31.3 Å². The third-order valence-corrected chi connectivity index (χ3v) is 5.23. The molecule has 1 aliphatic rings. The van der Waals surface area contributed by atoms with E-state index in [4.69, 9.17) is 0 Å². The number of carbonyl (C=O) groups excluding carboxylic acids is 1. The predicted molar refractivity (Wildman–Crippen MR) is 95.2 cm³/mol. The van der Waals surface area contributed by atoms with Crippen molar-refractivity contribution in [1.82, 2.24) is 10.6 Å². The van der Waals surface area contributed by atoms with Crippen molar-refractivity contribution in [2.24, 2.45) is 5.92 Å². The van der Waals surface area contributed by atoms with Crippen molar-refractivity contribution in [2.75, 3.05) is 25.4 Å². The molecule has 22 heavy (non-hydrogen) atoms. The molecule has 1 aromatic carbocycles. The van der Waals surface area contributed by atoms with E-state index in [1.807, 2.05) is 11.8 Å². The molecule has 1 fully saturated rings. The van der Waals surface area contributed by atoms with Gasteiger partial charge in [0.2, 0.25) is 5.91 Å². The smallest absolute Gasteiger partial charge is 0.220 e. The van der Waals surface area contributed by atoms with Gasteiger partial charge in [0.25, 0.3) is 0 Å². The average Bonchev–Trinajstić information content (AvgIpc) is 2.55. The van der Waals surface area contributed by atoms with Crippen LogP contribution in [0.15, 0.2) is 24.3 Å². The second kappa shape index (κ2) is 9.90. The molecule has 0 radical (unpaired) electrons. The van der Waals surface area contributed by atoms with E-state index in [1.165, 1.54) is 24.0 Å². The van der Waals surface area contributed by atoms with E-state index >= 15 is 0 Å². The van der Waals surface area contributed by atoms with Crippen LogP contribution < -0.4 is 10.6 Å². The van der Waals surface area contributed by atoms with Gasteiger partial charge in [-0.2, -0.15) is 11.8 Å². The Kier molecular flexibility index (Phi) is 7.81. The molecular weight excluding hydrogens is 292 g/mol. The van der Waals surface area contributed by atoms with Crippen molar-refractivity contribution in [3.8, 4) is 0 Å². The number of benzene rings is 1. The lowest BCUT2D eigenvalue weighted by atomic mass is 9.93. The van der Waals surface area contributed by atoms with Gasteiger partial charge in [-0.1, -0.05) is 29.8 Å². The van der Waals surface area contributed by atoms with Gasteiger partial charge in [-0.15, -0.1) is 0 Å². The van der Waals surface area contributed by atoms with Crippen LogP contribution in [0.2, 0.25) is 0 Å². The first-order valence-electron chi connectivity index (χ1n) is 8.35. The summed E-state index contributed by atoms with van der Waals surface area (Å²) in [6.07, 6.45) is 4.18. The van der Waals surface area contributed by atoms with Gasteiger partial charge in [0.05, 0.1) is 0 Å². The van der Waals surface area contributed by atoms with Crippen LogP contribution in [0.4, 0.5) is 0 Å². The quantitative estimate of drug-likeness (QED) is 0.723. The molecule has 0 spiro atoms. The molecule has 122 valence electrons. The lowest BCUT2D eigenvalue weighted by molar-refractivity contribution is -0.121. The molecule has 0 saturated carbocycles. The monoisotopic (exact) mass is 320 g/mol. The summed E-state index contributed by atoms with van der Waals surface area (Å²) in [5.74, 6) is 2.95. The minimum absolute atomic E-state index is 0.217. The Hall–Kier alpha value is -1.00. The van der Waals surface area contributed by atoms with Gasteiger partial charge in [0, 0.05) is 24.5 Å². The molecule has 2 N–H and O–H groups in total. The number of nitrogens with one attached hydrogen (secondary N) is 2. The highest BCUT2D eigenvalue weighted by molar-refractivity contribution is 7.98. The zero-order valence-corrected chi connectivity index (χ0v) is 14.4. The summed E-state index contributed by atoms with van der Waals surface area (Å²) in [6, 6.07) is 8.66. The topological polar surface area (TPSA) is 41.1 Å². The fourth-order valence-electron chi connectivity index (χ4n) is 2.73. The van der Waals surface area contributed by atoms with Gasteiger partial charge in [0.15, 0.2) is 0 Å². The van der Waals surface area contributed by atoms with Crippen LogP contribution in [0, 0.1) is 12.8 Å². The molecule has 0 aliphatic carbocycles. The number of hydrogen-bond donors (Lipinski definition) is 2. The van der Waals surface area contributed by atoms with Gasteiger partial charge in [-0.3, -0.25) is 4.79 Å². The van der Waals surface area contributed by atoms with Crippen LogP contribution >= 0.6 is 11.8 Å². The molecule has 4 heteroatoms. The second-order valence-corrected chi connectivity index (χ2v) is 7.23. The number of thioether (sulfide) groups is 1. The molecule has 0 atom stereocenters. The number of aryl methyl sites for hydroxylation is 1. The van der Waals surface area contributed by atoms with Crippen molar-refractivity contribution in [1.29, 1.82) is 0 Å². The molecule has 0 unspecified atom stereocenters. The standard InChI is InChI=1S/C18H28N2OS/c1-15-2-4-17(5-3-15)14-22-13-12-20-18(21)7-6-16-8-10-19-11-9-16/h2-5,16,19H,6-14H2,1H3,(H,20,21). The molecule has 2 rings (SSSR count). The zero-order chi connectivity index (χ0) is 15.6. The first kappa shape index (κ1) is 17.4. The van der Waals surface area contributed by atoms with Gasteiger partial charge in [-0.05, 0) is 50.8 Å². The Morgan fingerprint density at radius 1 is 1.27 bits per heavy atom. The van der Waals surface area contributed by atoms with Crippen molar-refractivity contribution < 1.29 is 4.79 Å². The Morgan fingerprint density at radius 2 is 2.00 bits per heavy atom. The van der Waals surface area contributed by atoms with E-state index < -0.39 is 0 Å². The van der Waals surface area contributed by atoms with Crippen molar-refractivity contribution in [3.05, 3.63) is 35.4 Å². The summed E-state index contributed by atoms with van der Waals surface area (Å²) < 4.78 is 0. The van der Waals surface area contributed by atoms with Gasteiger partial charge in [-0.25, -0.2) is 0 Å². The molecule has 1 amide bonds. The Morgan fingerprint density at radius 3 is 2.73 bits per heavy atom. The Labute approximate surface area is 138 Å². The van der Waals surface area contributed by atoms with Gasteiger partial charge >= 0.3 is 0 Å². The van der Waals surface area contributed by atoms with Crippen molar-refractivity contribution in [2.45, 2.75) is 38.4 Å². The van der Waals surface area contributed by atoms with E-state index in [1.54, 1.807) is 0 Å². The highest BCUT2D eigenvalue weighted by Crippen LogP contribution is 2.17. The molecule has 1 saturated heterocycles. The number of rotatable bonds is 8. The molecular formula is C18H28N2OS. The van der Waals surface area contributed by atoms with Gasteiger partial charge in [0.1, 0.15) is 0 Å². The first-order valence-corrected chi connectivity index (χ1v) is 9.50. The third-order valence-electron chi connectivity index (χ3n) is 4.20. The fourth-order valence-corrected chi connectivity index (χ4v) is 3.55. The first-order chi connectivity index (χ1) is 10.7. The average molecular weight is 321 g/mol. The summed E-state index contributed by atoms with van der Waals surface area (Å²) in [6.45, 7) is 5.11. The maximum Gasteiger partial charge on any atom is 0.220 e. The van der Waals surface area contributed by atoms with E-state index in [0.29, 0.717) is 6.42 Å². The molecule has 0 aromatic heterocycles. The summed E-state index contributed by atoms with van der Waals surface area (Å²) in [5, 5.41) is 6.41. The number of piperidine rings is 1. The number of amides is 1. The minimum atomic E-state index is 0.217.